The average Bonchev–Trinajstić information content (AvgIpc) is 2.58. The minimum absolute atomic E-state index is 0.321. The Morgan fingerprint density at radius 2 is 2.58 bits per heavy atom. The number of nitrogens with zero attached hydrogens (tertiary/aromatic N) is 1. The van der Waals surface area contributed by atoms with Crippen LogP contribution in [0, 0.1) is 0 Å². The summed E-state index contributed by atoms with van der Waals surface area (Å²) in [7, 11) is 0. The van der Waals surface area contributed by atoms with Gasteiger partial charge >= 0.3 is 0 Å². The summed E-state index contributed by atoms with van der Waals surface area (Å²) in [4.78, 5) is 4.23. The van der Waals surface area contributed by atoms with Crippen LogP contribution in [0.25, 0.3) is 0 Å². The summed E-state index contributed by atoms with van der Waals surface area (Å²) >= 11 is 1.59. The molecule has 0 aliphatic carbocycles. The zero-order valence-corrected chi connectivity index (χ0v) is 7.64. The SMILES string of the molecule is NC1(c2cscn2)CCCOC1. The molecule has 1 aromatic rings. The van der Waals surface area contributed by atoms with Gasteiger partial charge in [0.1, 0.15) is 0 Å². The lowest BCUT2D eigenvalue weighted by Gasteiger charge is -2.31. The number of ether oxygens (including phenoxy) is 1. The van der Waals surface area contributed by atoms with Gasteiger partial charge in [0, 0.05) is 12.0 Å². The highest BCUT2D eigenvalue weighted by Gasteiger charge is 2.31. The van der Waals surface area contributed by atoms with E-state index >= 15 is 0 Å². The largest absolute Gasteiger partial charge is 0.379 e. The number of nitrogens with two attached hydrogens (primary N) is 1. The highest BCUT2D eigenvalue weighted by Crippen LogP contribution is 2.26. The van der Waals surface area contributed by atoms with Gasteiger partial charge in [-0.05, 0) is 12.8 Å². The van der Waals surface area contributed by atoms with Crippen LogP contribution in [0.5, 0.6) is 0 Å². The Hall–Kier alpha value is -0.450. The van der Waals surface area contributed by atoms with Gasteiger partial charge in [0.15, 0.2) is 0 Å². The summed E-state index contributed by atoms with van der Waals surface area (Å²) in [5.41, 5.74) is 8.62. The van der Waals surface area contributed by atoms with Crippen molar-refractivity contribution in [1.82, 2.24) is 4.98 Å². The maximum absolute atomic E-state index is 6.14. The quantitative estimate of drug-likeness (QED) is 0.711. The Kier molecular flexibility index (Phi) is 2.12. The third kappa shape index (κ3) is 1.37. The van der Waals surface area contributed by atoms with Gasteiger partial charge in [0.2, 0.25) is 0 Å². The number of aromatic nitrogens is 1. The Morgan fingerprint density at radius 3 is 3.17 bits per heavy atom. The van der Waals surface area contributed by atoms with Crippen LogP contribution in [0.1, 0.15) is 18.5 Å². The summed E-state index contributed by atoms with van der Waals surface area (Å²) in [6, 6.07) is 0. The number of hydrogen-bond acceptors (Lipinski definition) is 4. The van der Waals surface area contributed by atoms with Gasteiger partial charge in [-0.1, -0.05) is 0 Å². The van der Waals surface area contributed by atoms with E-state index in [2.05, 4.69) is 4.98 Å². The van der Waals surface area contributed by atoms with Crippen molar-refractivity contribution in [3.8, 4) is 0 Å². The minimum Gasteiger partial charge on any atom is -0.379 e. The van der Waals surface area contributed by atoms with Gasteiger partial charge in [0.05, 0.1) is 23.4 Å². The van der Waals surface area contributed by atoms with Crippen LogP contribution in [0.3, 0.4) is 0 Å². The Labute approximate surface area is 75.6 Å². The van der Waals surface area contributed by atoms with Crippen molar-refractivity contribution in [2.24, 2.45) is 5.73 Å². The van der Waals surface area contributed by atoms with E-state index in [9.17, 15) is 0 Å². The molecular weight excluding hydrogens is 172 g/mol. The predicted octanol–water partition coefficient (Wildman–Crippen LogP) is 1.11. The summed E-state index contributed by atoms with van der Waals surface area (Å²) in [5.74, 6) is 0. The second-order valence-electron chi connectivity index (χ2n) is 3.19. The normalized spacial score (nSPS) is 30.4. The molecule has 1 atom stereocenters. The van der Waals surface area contributed by atoms with E-state index in [1.54, 1.807) is 11.3 Å². The van der Waals surface area contributed by atoms with Crippen molar-refractivity contribution in [2.45, 2.75) is 18.4 Å². The Bertz CT molecular complexity index is 242. The Morgan fingerprint density at radius 1 is 1.67 bits per heavy atom. The second kappa shape index (κ2) is 3.12. The molecule has 0 amide bonds. The second-order valence-corrected chi connectivity index (χ2v) is 3.90. The van der Waals surface area contributed by atoms with Crippen LogP contribution < -0.4 is 5.73 Å². The maximum Gasteiger partial charge on any atom is 0.0829 e. The van der Waals surface area contributed by atoms with Gasteiger partial charge < -0.3 is 10.5 Å². The standard InChI is InChI=1S/C8H12N2OS/c9-8(2-1-3-11-5-8)7-4-12-6-10-7/h4,6H,1-3,5,9H2. The van der Waals surface area contributed by atoms with E-state index in [0.717, 1.165) is 25.1 Å². The van der Waals surface area contributed by atoms with E-state index in [1.165, 1.54) is 0 Å². The van der Waals surface area contributed by atoms with Crippen molar-refractivity contribution < 1.29 is 4.74 Å². The topological polar surface area (TPSA) is 48.1 Å². The molecule has 1 aliphatic heterocycles. The van der Waals surface area contributed by atoms with Gasteiger partial charge in [-0.3, -0.25) is 0 Å². The summed E-state index contributed by atoms with van der Waals surface area (Å²) in [5, 5.41) is 2.01. The zero-order chi connectivity index (χ0) is 8.44. The van der Waals surface area contributed by atoms with Gasteiger partial charge in [0.25, 0.3) is 0 Å². The molecule has 12 heavy (non-hydrogen) atoms. The molecule has 0 radical (unpaired) electrons. The summed E-state index contributed by atoms with van der Waals surface area (Å²) in [6.45, 7) is 1.44. The molecule has 0 bridgehead atoms. The highest BCUT2D eigenvalue weighted by atomic mass is 32.1. The van der Waals surface area contributed by atoms with E-state index in [4.69, 9.17) is 10.5 Å². The van der Waals surface area contributed by atoms with E-state index in [0.29, 0.717) is 6.61 Å². The molecule has 1 fully saturated rings. The number of hydrogen-bond donors (Lipinski definition) is 1. The smallest absolute Gasteiger partial charge is 0.0829 e. The molecule has 0 saturated carbocycles. The van der Waals surface area contributed by atoms with Crippen LogP contribution in [0.4, 0.5) is 0 Å². The summed E-state index contributed by atoms with van der Waals surface area (Å²) < 4.78 is 5.35. The van der Waals surface area contributed by atoms with Crippen LogP contribution in [0.2, 0.25) is 0 Å². The molecule has 1 aromatic heterocycles. The summed E-state index contributed by atoms with van der Waals surface area (Å²) in [6.07, 6.45) is 2.02. The Balaban J connectivity index is 2.19. The van der Waals surface area contributed by atoms with E-state index in [1.807, 2.05) is 10.9 Å². The fourth-order valence-corrected chi connectivity index (χ4v) is 2.14. The zero-order valence-electron chi connectivity index (χ0n) is 6.82. The van der Waals surface area contributed by atoms with Gasteiger partial charge in [-0.15, -0.1) is 11.3 Å². The van der Waals surface area contributed by atoms with Gasteiger partial charge in [-0.25, -0.2) is 4.98 Å². The molecule has 2 N–H and O–H groups in total. The lowest BCUT2D eigenvalue weighted by atomic mass is 9.91. The van der Waals surface area contributed by atoms with Crippen LogP contribution in [0.15, 0.2) is 10.9 Å². The molecular formula is C8H12N2OS. The predicted molar refractivity (Wildman–Crippen MR) is 48.0 cm³/mol. The highest BCUT2D eigenvalue weighted by molar-refractivity contribution is 7.07. The average molecular weight is 184 g/mol. The molecule has 0 aromatic carbocycles. The van der Waals surface area contributed by atoms with Crippen molar-refractivity contribution in [3.05, 3.63) is 16.6 Å². The minimum atomic E-state index is -0.321. The van der Waals surface area contributed by atoms with Crippen molar-refractivity contribution >= 4 is 11.3 Å². The van der Waals surface area contributed by atoms with Crippen molar-refractivity contribution in [3.63, 3.8) is 0 Å². The molecule has 2 heterocycles. The number of thiazole rings is 1. The lowest BCUT2D eigenvalue weighted by Crippen LogP contribution is -2.44. The lowest BCUT2D eigenvalue weighted by molar-refractivity contribution is 0.0351. The molecule has 66 valence electrons. The molecule has 3 nitrogen and oxygen atoms in total. The fourth-order valence-electron chi connectivity index (χ4n) is 1.48. The fraction of sp³-hybridized carbons (Fsp3) is 0.625. The first-order valence-electron chi connectivity index (χ1n) is 4.07. The molecule has 4 heteroatoms. The first-order chi connectivity index (χ1) is 5.81. The maximum atomic E-state index is 6.14. The number of rotatable bonds is 1. The molecule has 1 unspecified atom stereocenters. The third-order valence-corrected chi connectivity index (χ3v) is 2.80. The third-order valence-electron chi connectivity index (χ3n) is 2.21. The van der Waals surface area contributed by atoms with Crippen LogP contribution >= 0.6 is 11.3 Å². The molecule has 2 rings (SSSR count). The first-order valence-corrected chi connectivity index (χ1v) is 5.01. The van der Waals surface area contributed by atoms with Crippen molar-refractivity contribution in [1.29, 1.82) is 0 Å². The van der Waals surface area contributed by atoms with Crippen LogP contribution in [-0.2, 0) is 10.3 Å². The first kappa shape index (κ1) is 8.16. The van der Waals surface area contributed by atoms with Crippen molar-refractivity contribution in [2.75, 3.05) is 13.2 Å². The van der Waals surface area contributed by atoms with E-state index in [-0.39, 0.29) is 5.54 Å². The molecule has 1 aliphatic rings. The molecule has 1 saturated heterocycles. The van der Waals surface area contributed by atoms with E-state index < -0.39 is 0 Å². The van der Waals surface area contributed by atoms with Gasteiger partial charge in [-0.2, -0.15) is 0 Å². The molecule has 0 spiro atoms. The monoisotopic (exact) mass is 184 g/mol. The van der Waals surface area contributed by atoms with Crippen LogP contribution in [-0.4, -0.2) is 18.2 Å².